The molecule has 1 aliphatic carbocycles. The van der Waals surface area contributed by atoms with Gasteiger partial charge in [0, 0.05) is 22.5 Å². The van der Waals surface area contributed by atoms with Crippen molar-refractivity contribution in [2.45, 2.75) is 31.3 Å². The molecule has 1 saturated carbocycles. The normalized spacial score (nSPS) is 22.2. The van der Waals surface area contributed by atoms with E-state index in [1.165, 1.54) is 27.1 Å². The van der Waals surface area contributed by atoms with Gasteiger partial charge in [-0.2, -0.15) is 0 Å². The lowest BCUT2D eigenvalue weighted by Crippen LogP contribution is -2.39. The Hall–Kier alpha value is -0.350. The summed E-state index contributed by atoms with van der Waals surface area (Å²) in [6.45, 7) is 0.980. The molecule has 0 radical (unpaired) electrons. The minimum absolute atomic E-state index is 0.654. The van der Waals surface area contributed by atoms with E-state index < -0.39 is 0 Å². The molecule has 0 atom stereocenters. The van der Waals surface area contributed by atoms with Crippen LogP contribution in [0.15, 0.2) is 40.2 Å². The number of hydrogen-bond donors (Lipinski definition) is 1. The van der Waals surface area contributed by atoms with Crippen LogP contribution in [0.5, 0.6) is 0 Å². The van der Waals surface area contributed by atoms with E-state index in [0.29, 0.717) is 12.0 Å². The van der Waals surface area contributed by atoms with E-state index in [4.69, 9.17) is 11.6 Å². The van der Waals surface area contributed by atoms with Gasteiger partial charge in [-0.05, 0) is 64.5 Å². The Morgan fingerprint density at radius 3 is 2.53 bits per heavy atom. The zero-order chi connectivity index (χ0) is 13.2. The summed E-state index contributed by atoms with van der Waals surface area (Å²) < 4.78 is 1.21. The lowest BCUT2D eigenvalue weighted by atomic mass is 9.76. The summed E-state index contributed by atoms with van der Waals surface area (Å²) in [5.41, 5.74) is 1.42. The molecule has 19 heavy (non-hydrogen) atoms. The number of halogens is 2. The average molecular weight is 357 g/mol. The molecule has 1 N–H and O–H groups in total. The van der Waals surface area contributed by atoms with Crippen molar-refractivity contribution < 1.29 is 0 Å². The van der Waals surface area contributed by atoms with Gasteiger partial charge in [0.2, 0.25) is 0 Å². The quantitative estimate of drug-likeness (QED) is 0.794. The summed E-state index contributed by atoms with van der Waals surface area (Å²) in [7, 11) is 0. The Morgan fingerprint density at radius 2 is 1.89 bits per heavy atom. The summed E-state index contributed by atoms with van der Waals surface area (Å²) in [6, 6.07) is 13.2. The highest BCUT2D eigenvalue weighted by molar-refractivity contribution is 9.11. The molecule has 0 saturated heterocycles. The van der Waals surface area contributed by atoms with Gasteiger partial charge >= 0.3 is 0 Å². The third kappa shape index (κ3) is 3.40. The van der Waals surface area contributed by atoms with E-state index in [1.54, 1.807) is 11.3 Å². The van der Waals surface area contributed by atoms with Crippen LogP contribution in [0.1, 0.15) is 29.2 Å². The highest BCUT2D eigenvalue weighted by Gasteiger charge is 2.29. The van der Waals surface area contributed by atoms with Crippen molar-refractivity contribution in [2.75, 3.05) is 0 Å². The number of nitrogens with one attached hydrogen (secondary N) is 1. The first kappa shape index (κ1) is 13.6. The standard InChI is InChI=1S/C15H15BrClNS/c16-15-6-5-14(19-15)9-18-13-7-11(8-13)10-1-3-12(17)4-2-10/h1-6,11,13,18H,7-9H2. The van der Waals surface area contributed by atoms with E-state index >= 15 is 0 Å². The van der Waals surface area contributed by atoms with Crippen LogP contribution in [0.25, 0.3) is 0 Å². The molecule has 1 nitrogen and oxygen atoms in total. The van der Waals surface area contributed by atoms with E-state index in [9.17, 15) is 0 Å². The summed E-state index contributed by atoms with van der Waals surface area (Å²) in [5, 5.41) is 4.44. The maximum atomic E-state index is 5.91. The van der Waals surface area contributed by atoms with Crippen molar-refractivity contribution >= 4 is 38.9 Å². The van der Waals surface area contributed by atoms with Gasteiger partial charge in [0.25, 0.3) is 0 Å². The van der Waals surface area contributed by atoms with Crippen LogP contribution in [0, 0.1) is 0 Å². The molecule has 0 spiro atoms. The molecule has 2 aromatic rings. The van der Waals surface area contributed by atoms with Crippen LogP contribution < -0.4 is 5.32 Å². The highest BCUT2D eigenvalue weighted by Crippen LogP contribution is 2.37. The van der Waals surface area contributed by atoms with Gasteiger partial charge in [-0.25, -0.2) is 0 Å². The second kappa shape index (κ2) is 5.96. The van der Waals surface area contributed by atoms with Crippen LogP contribution in [-0.2, 0) is 6.54 Å². The van der Waals surface area contributed by atoms with E-state index in [0.717, 1.165) is 11.6 Å². The molecule has 1 fully saturated rings. The summed E-state index contributed by atoms with van der Waals surface area (Å²) in [4.78, 5) is 1.39. The molecule has 0 bridgehead atoms. The van der Waals surface area contributed by atoms with Crippen LogP contribution >= 0.6 is 38.9 Å². The van der Waals surface area contributed by atoms with Crippen LogP contribution in [0.2, 0.25) is 5.02 Å². The zero-order valence-electron chi connectivity index (χ0n) is 10.4. The third-order valence-electron chi connectivity index (χ3n) is 3.67. The maximum Gasteiger partial charge on any atom is 0.0701 e. The first-order valence-corrected chi connectivity index (χ1v) is 8.42. The van der Waals surface area contributed by atoms with Gasteiger partial charge in [-0.3, -0.25) is 0 Å². The fourth-order valence-corrected chi connectivity index (χ4v) is 4.04. The smallest absolute Gasteiger partial charge is 0.0701 e. The SMILES string of the molecule is Clc1ccc(C2CC(NCc3ccc(Br)s3)C2)cc1. The Balaban J connectivity index is 1.46. The minimum atomic E-state index is 0.654. The topological polar surface area (TPSA) is 12.0 Å². The number of benzene rings is 1. The first-order valence-electron chi connectivity index (χ1n) is 6.44. The van der Waals surface area contributed by atoms with Gasteiger partial charge in [0.15, 0.2) is 0 Å². The molecule has 0 aliphatic heterocycles. The first-order chi connectivity index (χ1) is 9.20. The summed E-state index contributed by atoms with van der Waals surface area (Å²) >= 11 is 11.2. The van der Waals surface area contributed by atoms with Gasteiger partial charge in [-0.1, -0.05) is 23.7 Å². The predicted molar refractivity (Wildman–Crippen MR) is 86.1 cm³/mol. The van der Waals surface area contributed by atoms with E-state index in [1.807, 2.05) is 12.1 Å². The second-order valence-electron chi connectivity index (χ2n) is 5.00. The van der Waals surface area contributed by atoms with Crippen molar-refractivity contribution in [1.82, 2.24) is 5.32 Å². The zero-order valence-corrected chi connectivity index (χ0v) is 13.6. The molecule has 0 unspecified atom stereocenters. The van der Waals surface area contributed by atoms with E-state index in [2.05, 4.69) is 45.5 Å². The molecule has 1 aromatic carbocycles. The van der Waals surface area contributed by atoms with Gasteiger partial charge in [0.1, 0.15) is 0 Å². The lowest BCUT2D eigenvalue weighted by molar-refractivity contribution is 0.290. The predicted octanol–water partition coefficient (Wildman–Crippen LogP) is 5.20. The van der Waals surface area contributed by atoms with Crippen LogP contribution in [-0.4, -0.2) is 6.04 Å². The summed E-state index contributed by atoms with van der Waals surface area (Å²) in [6.07, 6.45) is 2.46. The Bertz CT molecular complexity index is 546. The largest absolute Gasteiger partial charge is 0.309 e. The van der Waals surface area contributed by atoms with Gasteiger partial charge < -0.3 is 5.32 Å². The Morgan fingerprint density at radius 1 is 1.16 bits per heavy atom. The van der Waals surface area contributed by atoms with Gasteiger partial charge in [0.05, 0.1) is 3.79 Å². The molecule has 1 heterocycles. The number of rotatable bonds is 4. The second-order valence-corrected chi connectivity index (χ2v) is 7.99. The fraction of sp³-hybridized carbons (Fsp3) is 0.333. The maximum absolute atomic E-state index is 5.91. The molecule has 1 aliphatic rings. The highest BCUT2D eigenvalue weighted by atomic mass is 79.9. The minimum Gasteiger partial charge on any atom is -0.309 e. The number of hydrogen-bond acceptors (Lipinski definition) is 2. The van der Waals surface area contributed by atoms with Crippen LogP contribution in [0.3, 0.4) is 0 Å². The molecule has 4 heteroatoms. The lowest BCUT2D eigenvalue weighted by Gasteiger charge is -2.36. The molecule has 1 aromatic heterocycles. The number of thiophene rings is 1. The van der Waals surface area contributed by atoms with Crippen molar-refractivity contribution in [3.8, 4) is 0 Å². The third-order valence-corrected chi connectivity index (χ3v) is 5.55. The fourth-order valence-electron chi connectivity index (χ4n) is 2.48. The van der Waals surface area contributed by atoms with Crippen molar-refractivity contribution in [3.05, 3.63) is 55.6 Å². The van der Waals surface area contributed by atoms with Crippen molar-refractivity contribution in [1.29, 1.82) is 0 Å². The van der Waals surface area contributed by atoms with Crippen molar-refractivity contribution in [3.63, 3.8) is 0 Å². The monoisotopic (exact) mass is 355 g/mol. The Kier molecular flexibility index (Phi) is 4.27. The molecule has 0 amide bonds. The summed E-state index contributed by atoms with van der Waals surface area (Å²) in [5.74, 6) is 0.699. The average Bonchev–Trinajstić information content (AvgIpc) is 2.75. The van der Waals surface area contributed by atoms with Crippen LogP contribution in [0.4, 0.5) is 0 Å². The van der Waals surface area contributed by atoms with E-state index in [-0.39, 0.29) is 0 Å². The Labute approximate surface area is 131 Å². The molecule has 100 valence electrons. The molecular weight excluding hydrogens is 342 g/mol. The van der Waals surface area contributed by atoms with Gasteiger partial charge in [-0.15, -0.1) is 11.3 Å². The van der Waals surface area contributed by atoms with Crippen molar-refractivity contribution in [2.24, 2.45) is 0 Å². The molecule has 3 rings (SSSR count). The molecular formula is C15H15BrClNS.